The average molecular weight is 482 g/mol. The number of Topliss-reactive ketones (excluding diaryl/α,β-unsaturated/α-hetero) is 1. The molecule has 2 aliphatic rings. The molecule has 0 spiro atoms. The number of para-hydroxylation sites is 1. The standard InChI is InChI=1S/C29H43NO3Si/c1-6-34(7-2,8-3)33-26-15-14-21(4)28(5)18-16-25(32)27(29(26,28)17-11-19-31)24-20-22-12-9-10-13-23(22)30-24/h9-10,12-15,20-21,26-27,30-31H,6-8,11,16-19H2,1-5H3/t21-,26+,27-,28+,29+/m0/s1. The summed E-state index contributed by atoms with van der Waals surface area (Å²) in [5, 5.41) is 11.1. The SMILES string of the molecule is CC[Si](CC)(CC)O[C@@H]1C=C[C@H](C)[C@@]2(C)CCC(=O)[C@H](c3cc4ccccc4[nH]3)[C@@]12CCCO. The van der Waals surface area contributed by atoms with Crippen LogP contribution in [0.25, 0.3) is 10.9 Å². The Kier molecular flexibility index (Phi) is 7.28. The Morgan fingerprint density at radius 3 is 2.50 bits per heavy atom. The van der Waals surface area contributed by atoms with Gasteiger partial charge in [-0.25, -0.2) is 0 Å². The third-order valence-electron chi connectivity index (χ3n) is 9.80. The number of aromatic nitrogens is 1. The molecule has 4 nitrogen and oxygen atoms in total. The molecule has 34 heavy (non-hydrogen) atoms. The Bertz CT molecular complexity index is 1000. The van der Waals surface area contributed by atoms with Crippen LogP contribution in [0.2, 0.25) is 18.1 Å². The van der Waals surface area contributed by atoms with E-state index < -0.39 is 13.7 Å². The number of aromatic amines is 1. The first-order chi connectivity index (χ1) is 16.3. The van der Waals surface area contributed by atoms with E-state index in [1.807, 2.05) is 6.07 Å². The van der Waals surface area contributed by atoms with Gasteiger partial charge in [0.15, 0.2) is 8.32 Å². The van der Waals surface area contributed by atoms with Crippen LogP contribution >= 0.6 is 0 Å². The maximum absolute atomic E-state index is 13.9. The zero-order chi connectivity index (χ0) is 24.6. The molecule has 2 aromatic rings. The third-order valence-corrected chi connectivity index (χ3v) is 14.4. The van der Waals surface area contributed by atoms with Gasteiger partial charge in [0.05, 0.1) is 12.0 Å². The van der Waals surface area contributed by atoms with E-state index >= 15 is 0 Å². The number of hydrogen-bond donors (Lipinski definition) is 2. The summed E-state index contributed by atoms with van der Waals surface area (Å²) in [5.74, 6) is 0.390. The number of allylic oxidation sites excluding steroid dienone is 1. The Hall–Kier alpha value is -1.69. The molecule has 1 saturated carbocycles. The zero-order valence-corrected chi connectivity index (χ0v) is 22.7. The second-order valence-corrected chi connectivity index (χ2v) is 15.7. The number of aliphatic hydroxyl groups excluding tert-OH is 1. The molecule has 5 atom stereocenters. The van der Waals surface area contributed by atoms with E-state index in [4.69, 9.17) is 4.43 Å². The number of rotatable bonds is 9. The van der Waals surface area contributed by atoms with Crippen molar-refractivity contribution in [2.45, 2.75) is 90.5 Å². The first-order valence-electron chi connectivity index (χ1n) is 13.4. The van der Waals surface area contributed by atoms with Crippen LogP contribution in [0.15, 0.2) is 42.5 Å². The van der Waals surface area contributed by atoms with Crippen molar-refractivity contribution >= 4 is 25.0 Å². The summed E-state index contributed by atoms with van der Waals surface area (Å²) in [6.45, 7) is 11.7. The highest BCUT2D eigenvalue weighted by Crippen LogP contribution is 2.66. The smallest absolute Gasteiger partial charge is 0.192 e. The molecule has 2 aliphatic carbocycles. The predicted molar refractivity (Wildman–Crippen MR) is 143 cm³/mol. The maximum Gasteiger partial charge on any atom is 0.192 e. The van der Waals surface area contributed by atoms with Crippen LogP contribution in [0, 0.1) is 16.7 Å². The minimum absolute atomic E-state index is 0.0905. The van der Waals surface area contributed by atoms with Crippen LogP contribution in [-0.4, -0.2) is 36.9 Å². The fourth-order valence-corrected chi connectivity index (χ4v) is 10.1. The largest absolute Gasteiger partial charge is 0.410 e. The van der Waals surface area contributed by atoms with Crippen LogP contribution in [-0.2, 0) is 9.22 Å². The van der Waals surface area contributed by atoms with E-state index in [2.05, 4.69) is 76.0 Å². The minimum Gasteiger partial charge on any atom is -0.410 e. The number of hydrogen-bond acceptors (Lipinski definition) is 3. The molecule has 0 radical (unpaired) electrons. The number of H-pyrrole nitrogens is 1. The summed E-state index contributed by atoms with van der Waals surface area (Å²) < 4.78 is 7.29. The van der Waals surface area contributed by atoms with Gasteiger partial charge in [-0.05, 0) is 66.2 Å². The molecule has 4 rings (SSSR count). The Morgan fingerprint density at radius 1 is 1.15 bits per heavy atom. The summed E-state index contributed by atoms with van der Waals surface area (Å²) in [5.41, 5.74) is 1.61. The molecular weight excluding hydrogens is 438 g/mol. The van der Waals surface area contributed by atoms with Crippen LogP contribution < -0.4 is 0 Å². The monoisotopic (exact) mass is 481 g/mol. The Labute approximate surface area is 206 Å². The molecule has 1 fully saturated rings. The van der Waals surface area contributed by atoms with Gasteiger partial charge in [-0.2, -0.15) is 0 Å². The zero-order valence-electron chi connectivity index (χ0n) is 21.7. The fourth-order valence-electron chi connectivity index (χ4n) is 7.23. The van der Waals surface area contributed by atoms with Crippen molar-refractivity contribution in [3.8, 4) is 0 Å². The number of benzene rings is 1. The van der Waals surface area contributed by atoms with Crippen molar-refractivity contribution in [3.63, 3.8) is 0 Å². The van der Waals surface area contributed by atoms with Crippen molar-refractivity contribution in [1.29, 1.82) is 0 Å². The number of fused-ring (bicyclic) bond motifs is 2. The van der Waals surface area contributed by atoms with Gasteiger partial charge in [0.2, 0.25) is 0 Å². The van der Waals surface area contributed by atoms with Gasteiger partial charge >= 0.3 is 0 Å². The highest BCUT2D eigenvalue weighted by atomic mass is 28.4. The third kappa shape index (κ3) is 3.84. The molecule has 1 aromatic heterocycles. The predicted octanol–water partition coefficient (Wildman–Crippen LogP) is 6.98. The molecule has 186 valence electrons. The highest BCUT2D eigenvalue weighted by Gasteiger charge is 2.65. The van der Waals surface area contributed by atoms with Gasteiger partial charge in [0.1, 0.15) is 5.78 Å². The summed E-state index contributed by atoms with van der Waals surface area (Å²) in [4.78, 5) is 17.5. The molecule has 2 N–H and O–H groups in total. The lowest BCUT2D eigenvalue weighted by atomic mass is 9.43. The van der Waals surface area contributed by atoms with E-state index in [0.717, 1.165) is 47.6 Å². The summed E-state index contributed by atoms with van der Waals surface area (Å²) in [6.07, 6.45) is 7.46. The van der Waals surface area contributed by atoms with E-state index in [-0.39, 0.29) is 24.0 Å². The van der Waals surface area contributed by atoms with E-state index in [1.165, 1.54) is 0 Å². The molecule has 0 saturated heterocycles. The number of nitrogens with one attached hydrogen (secondary N) is 1. The number of carbonyl (C=O) groups is 1. The van der Waals surface area contributed by atoms with Crippen molar-refractivity contribution < 1.29 is 14.3 Å². The average Bonchev–Trinajstić information content (AvgIpc) is 3.28. The van der Waals surface area contributed by atoms with Gasteiger partial charge in [-0.3, -0.25) is 4.79 Å². The van der Waals surface area contributed by atoms with Gasteiger partial charge in [0.25, 0.3) is 0 Å². The lowest BCUT2D eigenvalue weighted by Crippen LogP contribution is -2.63. The first-order valence-corrected chi connectivity index (χ1v) is 15.9. The van der Waals surface area contributed by atoms with Crippen molar-refractivity contribution in [2.75, 3.05) is 6.61 Å². The summed E-state index contributed by atoms with van der Waals surface area (Å²) in [7, 11) is -1.94. The topological polar surface area (TPSA) is 62.3 Å². The van der Waals surface area contributed by atoms with Gasteiger partial charge in [-0.1, -0.05) is 65.0 Å². The van der Waals surface area contributed by atoms with E-state index in [9.17, 15) is 9.90 Å². The minimum atomic E-state index is -1.94. The van der Waals surface area contributed by atoms with Gasteiger partial charge in [-0.15, -0.1) is 0 Å². The fraction of sp³-hybridized carbons (Fsp3) is 0.621. The van der Waals surface area contributed by atoms with E-state index in [0.29, 0.717) is 24.5 Å². The van der Waals surface area contributed by atoms with Crippen molar-refractivity contribution in [1.82, 2.24) is 4.98 Å². The number of aliphatic hydroxyl groups is 1. The molecule has 0 unspecified atom stereocenters. The molecule has 1 aromatic carbocycles. The molecule has 0 aliphatic heterocycles. The number of ketones is 1. The van der Waals surface area contributed by atoms with Crippen LogP contribution in [0.4, 0.5) is 0 Å². The van der Waals surface area contributed by atoms with Crippen molar-refractivity contribution in [2.24, 2.45) is 16.7 Å². The number of carbonyl (C=O) groups excluding carboxylic acids is 1. The van der Waals surface area contributed by atoms with Crippen molar-refractivity contribution in [3.05, 3.63) is 48.2 Å². The van der Waals surface area contributed by atoms with Crippen LogP contribution in [0.3, 0.4) is 0 Å². The molecule has 5 heteroatoms. The molecule has 1 heterocycles. The van der Waals surface area contributed by atoms with Crippen LogP contribution in [0.1, 0.15) is 71.9 Å². The second-order valence-electron chi connectivity index (χ2n) is 11.0. The Morgan fingerprint density at radius 2 is 1.85 bits per heavy atom. The molecular formula is C29H43NO3Si. The normalized spacial score (nSPS) is 31.7. The van der Waals surface area contributed by atoms with Crippen LogP contribution in [0.5, 0.6) is 0 Å². The molecule has 0 amide bonds. The quantitative estimate of drug-likeness (QED) is 0.300. The molecule has 0 bridgehead atoms. The maximum atomic E-state index is 13.9. The lowest BCUT2D eigenvalue weighted by Gasteiger charge is -2.63. The lowest BCUT2D eigenvalue weighted by molar-refractivity contribution is -0.155. The van der Waals surface area contributed by atoms with Gasteiger partial charge < -0.3 is 14.5 Å². The van der Waals surface area contributed by atoms with Gasteiger partial charge in [0, 0.05) is 29.7 Å². The summed E-state index contributed by atoms with van der Waals surface area (Å²) >= 11 is 0. The van der Waals surface area contributed by atoms with E-state index in [1.54, 1.807) is 0 Å². The Balaban J connectivity index is 1.94. The second kappa shape index (κ2) is 9.75. The summed E-state index contributed by atoms with van der Waals surface area (Å²) in [6, 6.07) is 13.7. The highest BCUT2D eigenvalue weighted by molar-refractivity contribution is 6.73. The first kappa shape index (κ1) is 25.4.